The standard InChI is InChI=1S/C23H40N4O2/c1-18(2)27(19(3)4)14-13-25-22(24-5)26-17-23(11-15-29-16-12-23)20-7-9-21(28-6)10-8-20/h7-10,18-19H,11-17H2,1-6H3,(H2,24,25,26). The topological polar surface area (TPSA) is 58.1 Å². The molecule has 164 valence electrons. The van der Waals surface area contributed by atoms with Gasteiger partial charge in [0, 0.05) is 57.4 Å². The predicted octanol–water partition coefficient (Wildman–Crippen LogP) is 3.03. The van der Waals surface area contributed by atoms with E-state index in [1.807, 2.05) is 19.2 Å². The van der Waals surface area contributed by atoms with Crippen LogP contribution in [0.1, 0.15) is 46.1 Å². The number of rotatable bonds is 9. The molecule has 0 spiro atoms. The summed E-state index contributed by atoms with van der Waals surface area (Å²) in [5.74, 6) is 1.75. The molecule has 0 unspecified atom stereocenters. The van der Waals surface area contributed by atoms with Gasteiger partial charge < -0.3 is 20.1 Å². The number of hydrogen-bond acceptors (Lipinski definition) is 4. The fourth-order valence-electron chi connectivity index (χ4n) is 4.16. The summed E-state index contributed by atoms with van der Waals surface area (Å²) in [7, 11) is 3.54. The van der Waals surface area contributed by atoms with Gasteiger partial charge in [0.25, 0.3) is 0 Å². The molecule has 1 aliphatic heterocycles. The molecule has 2 rings (SSSR count). The first kappa shape index (κ1) is 23.5. The molecule has 1 fully saturated rings. The maximum atomic E-state index is 5.66. The van der Waals surface area contributed by atoms with E-state index in [9.17, 15) is 0 Å². The Morgan fingerprint density at radius 3 is 2.24 bits per heavy atom. The minimum atomic E-state index is 0.0457. The van der Waals surface area contributed by atoms with Gasteiger partial charge in [0.2, 0.25) is 0 Å². The highest BCUT2D eigenvalue weighted by atomic mass is 16.5. The van der Waals surface area contributed by atoms with Crippen molar-refractivity contribution in [3.05, 3.63) is 29.8 Å². The normalized spacial score (nSPS) is 17.1. The Balaban J connectivity index is 1.98. The van der Waals surface area contributed by atoms with Gasteiger partial charge in [-0.3, -0.25) is 9.89 Å². The Bertz CT molecular complexity index is 614. The van der Waals surface area contributed by atoms with Gasteiger partial charge in [-0.25, -0.2) is 0 Å². The van der Waals surface area contributed by atoms with Crippen molar-refractivity contribution < 1.29 is 9.47 Å². The molecule has 0 radical (unpaired) electrons. The molecule has 0 aliphatic carbocycles. The lowest BCUT2D eigenvalue weighted by atomic mass is 9.74. The zero-order valence-electron chi connectivity index (χ0n) is 19.1. The maximum absolute atomic E-state index is 5.66. The molecule has 6 heteroatoms. The van der Waals surface area contributed by atoms with Gasteiger partial charge in [0.1, 0.15) is 5.75 Å². The zero-order valence-corrected chi connectivity index (χ0v) is 19.1. The van der Waals surface area contributed by atoms with Crippen molar-refractivity contribution in [3.8, 4) is 5.75 Å². The summed E-state index contributed by atoms with van der Waals surface area (Å²) in [5, 5.41) is 7.05. The van der Waals surface area contributed by atoms with Gasteiger partial charge in [-0.1, -0.05) is 12.1 Å². The van der Waals surface area contributed by atoms with Gasteiger partial charge in [0.15, 0.2) is 5.96 Å². The zero-order chi connectivity index (χ0) is 21.3. The lowest BCUT2D eigenvalue weighted by Gasteiger charge is -2.38. The minimum Gasteiger partial charge on any atom is -0.497 e. The van der Waals surface area contributed by atoms with Crippen molar-refractivity contribution in [2.75, 3.05) is 47.0 Å². The largest absolute Gasteiger partial charge is 0.497 e. The van der Waals surface area contributed by atoms with Crippen molar-refractivity contribution in [2.45, 2.75) is 58.0 Å². The average molecular weight is 405 g/mol. The highest BCUT2D eigenvalue weighted by Crippen LogP contribution is 2.35. The van der Waals surface area contributed by atoms with Gasteiger partial charge in [-0.2, -0.15) is 0 Å². The second kappa shape index (κ2) is 11.4. The highest BCUT2D eigenvalue weighted by molar-refractivity contribution is 5.79. The number of aliphatic imine (C=N–C) groups is 1. The molecule has 1 aromatic rings. The van der Waals surface area contributed by atoms with E-state index in [1.165, 1.54) is 5.56 Å². The number of hydrogen-bond donors (Lipinski definition) is 2. The van der Waals surface area contributed by atoms with Crippen molar-refractivity contribution in [2.24, 2.45) is 4.99 Å². The molecule has 0 amide bonds. The number of ether oxygens (including phenoxy) is 2. The number of methoxy groups -OCH3 is 1. The summed E-state index contributed by atoms with van der Waals surface area (Å²) in [4.78, 5) is 6.92. The Morgan fingerprint density at radius 1 is 1.10 bits per heavy atom. The SMILES string of the molecule is CN=C(NCCN(C(C)C)C(C)C)NCC1(c2ccc(OC)cc2)CCOCC1. The third-order valence-electron chi connectivity index (χ3n) is 5.96. The number of nitrogens with zero attached hydrogens (tertiary/aromatic N) is 2. The molecule has 6 nitrogen and oxygen atoms in total. The van der Waals surface area contributed by atoms with Crippen molar-refractivity contribution in [1.29, 1.82) is 0 Å². The van der Waals surface area contributed by atoms with Crippen molar-refractivity contribution in [1.82, 2.24) is 15.5 Å². The summed E-state index contributed by atoms with van der Waals surface area (Å²) >= 11 is 0. The Hall–Kier alpha value is -1.79. The average Bonchev–Trinajstić information content (AvgIpc) is 2.73. The van der Waals surface area contributed by atoms with E-state index >= 15 is 0 Å². The van der Waals surface area contributed by atoms with Crippen LogP contribution in [0.2, 0.25) is 0 Å². The summed E-state index contributed by atoms with van der Waals surface area (Å²) < 4.78 is 11.0. The van der Waals surface area contributed by atoms with E-state index in [2.05, 4.69) is 60.4 Å². The van der Waals surface area contributed by atoms with Gasteiger partial charge in [0.05, 0.1) is 7.11 Å². The molecule has 0 bridgehead atoms. The van der Waals surface area contributed by atoms with Crippen LogP contribution in [0.3, 0.4) is 0 Å². The quantitative estimate of drug-likeness (QED) is 0.489. The van der Waals surface area contributed by atoms with Crippen LogP contribution in [-0.4, -0.2) is 69.9 Å². The summed E-state index contributed by atoms with van der Waals surface area (Å²) in [6.45, 7) is 13.3. The van der Waals surface area contributed by atoms with E-state index in [0.29, 0.717) is 12.1 Å². The minimum absolute atomic E-state index is 0.0457. The van der Waals surface area contributed by atoms with Crippen LogP contribution >= 0.6 is 0 Å². The van der Waals surface area contributed by atoms with Crippen LogP contribution in [0.5, 0.6) is 5.75 Å². The lowest BCUT2D eigenvalue weighted by Crippen LogP contribution is -2.49. The van der Waals surface area contributed by atoms with E-state index in [0.717, 1.165) is 57.4 Å². The second-order valence-corrected chi connectivity index (χ2v) is 8.40. The van der Waals surface area contributed by atoms with E-state index in [-0.39, 0.29) is 5.41 Å². The van der Waals surface area contributed by atoms with Crippen molar-refractivity contribution >= 4 is 5.96 Å². The molecule has 1 saturated heterocycles. The van der Waals surface area contributed by atoms with Crippen LogP contribution in [-0.2, 0) is 10.2 Å². The van der Waals surface area contributed by atoms with Crippen LogP contribution in [0.15, 0.2) is 29.3 Å². The summed E-state index contributed by atoms with van der Waals surface area (Å²) in [6, 6.07) is 9.54. The smallest absolute Gasteiger partial charge is 0.191 e. The highest BCUT2D eigenvalue weighted by Gasteiger charge is 2.34. The van der Waals surface area contributed by atoms with Gasteiger partial charge in [-0.15, -0.1) is 0 Å². The van der Waals surface area contributed by atoms with Crippen LogP contribution in [0.25, 0.3) is 0 Å². The number of nitrogens with one attached hydrogen (secondary N) is 2. The van der Waals surface area contributed by atoms with Crippen LogP contribution < -0.4 is 15.4 Å². The molecule has 29 heavy (non-hydrogen) atoms. The van der Waals surface area contributed by atoms with Crippen LogP contribution in [0, 0.1) is 0 Å². The summed E-state index contributed by atoms with van der Waals surface area (Å²) in [5.41, 5.74) is 1.37. The summed E-state index contributed by atoms with van der Waals surface area (Å²) in [6.07, 6.45) is 2.00. The molecule has 0 saturated carbocycles. The Labute approximate surface area is 177 Å². The van der Waals surface area contributed by atoms with Crippen molar-refractivity contribution in [3.63, 3.8) is 0 Å². The third kappa shape index (κ3) is 6.61. The van der Waals surface area contributed by atoms with E-state index < -0.39 is 0 Å². The maximum Gasteiger partial charge on any atom is 0.191 e. The van der Waals surface area contributed by atoms with E-state index in [4.69, 9.17) is 9.47 Å². The molecule has 1 heterocycles. The fourth-order valence-corrected chi connectivity index (χ4v) is 4.16. The Kier molecular flexibility index (Phi) is 9.24. The molecular formula is C23H40N4O2. The molecule has 0 atom stereocenters. The van der Waals surface area contributed by atoms with E-state index in [1.54, 1.807) is 7.11 Å². The fraction of sp³-hybridized carbons (Fsp3) is 0.696. The molecule has 1 aromatic carbocycles. The lowest BCUT2D eigenvalue weighted by molar-refractivity contribution is 0.0513. The van der Waals surface area contributed by atoms with Gasteiger partial charge in [-0.05, 0) is 58.2 Å². The van der Waals surface area contributed by atoms with Crippen LogP contribution in [0.4, 0.5) is 0 Å². The first-order valence-electron chi connectivity index (χ1n) is 10.8. The predicted molar refractivity (Wildman–Crippen MR) is 121 cm³/mol. The first-order chi connectivity index (χ1) is 13.9. The molecule has 0 aromatic heterocycles. The monoisotopic (exact) mass is 404 g/mol. The second-order valence-electron chi connectivity index (χ2n) is 8.40. The number of benzene rings is 1. The third-order valence-corrected chi connectivity index (χ3v) is 5.96. The molecule has 2 N–H and O–H groups in total. The number of guanidine groups is 1. The molecular weight excluding hydrogens is 364 g/mol. The Morgan fingerprint density at radius 2 is 1.72 bits per heavy atom. The van der Waals surface area contributed by atoms with Gasteiger partial charge >= 0.3 is 0 Å². The molecule has 1 aliphatic rings. The first-order valence-corrected chi connectivity index (χ1v) is 10.8.